The predicted octanol–water partition coefficient (Wildman–Crippen LogP) is 4.73. The van der Waals surface area contributed by atoms with Crippen molar-refractivity contribution in [1.82, 2.24) is 15.0 Å². The fourth-order valence-corrected chi connectivity index (χ4v) is 3.27. The van der Waals surface area contributed by atoms with Gasteiger partial charge in [0.15, 0.2) is 0 Å². The number of nitrogens with zero attached hydrogens (tertiary/aromatic N) is 4. The summed E-state index contributed by atoms with van der Waals surface area (Å²) in [6, 6.07) is 15.0. The maximum atomic E-state index is 9.52. The lowest BCUT2D eigenvalue weighted by molar-refractivity contribution is 0.972. The number of anilines is 1. The normalized spacial score (nSPS) is 11.7. The first kappa shape index (κ1) is 21.4. The van der Waals surface area contributed by atoms with Gasteiger partial charge in [0, 0.05) is 35.9 Å². The Morgan fingerprint density at radius 2 is 2.00 bits per heavy atom. The number of thioether (sulfide) groups is 1. The Bertz CT molecular complexity index is 1070. The van der Waals surface area contributed by atoms with Crippen LogP contribution >= 0.6 is 23.4 Å². The van der Waals surface area contributed by atoms with E-state index in [1.807, 2.05) is 30.5 Å². The van der Waals surface area contributed by atoms with Gasteiger partial charge < -0.3 is 11.1 Å². The number of nitrogens with one attached hydrogen (secondary N) is 1. The molecule has 0 bridgehead atoms. The molecule has 150 valence electrons. The van der Waals surface area contributed by atoms with Gasteiger partial charge in [0.05, 0.1) is 11.3 Å². The highest BCUT2D eigenvalue weighted by Crippen LogP contribution is 2.21. The maximum Gasteiger partial charge on any atom is 0.223 e. The van der Waals surface area contributed by atoms with Crippen molar-refractivity contribution in [2.75, 3.05) is 11.9 Å². The smallest absolute Gasteiger partial charge is 0.223 e. The molecule has 0 radical (unpaired) electrons. The van der Waals surface area contributed by atoms with Crippen LogP contribution in [0, 0.1) is 11.3 Å². The van der Waals surface area contributed by atoms with Gasteiger partial charge in [0.2, 0.25) is 5.95 Å². The lowest BCUT2D eigenvalue weighted by atomic mass is 10.2. The average Bonchev–Trinajstić information content (AvgIpc) is 2.78. The van der Waals surface area contributed by atoms with Crippen LogP contribution in [-0.4, -0.2) is 21.5 Å². The first-order valence-corrected chi connectivity index (χ1v) is 10.4. The Labute approximate surface area is 184 Å². The SMILES string of the molecule is N#C/C(=C/S/C=C(\N)c1ccc(Cl)cc1)c1ccnc(NCCc2cccnc2)n1. The predicted molar refractivity (Wildman–Crippen MR) is 123 cm³/mol. The molecule has 0 aliphatic rings. The van der Waals surface area contributed by atoms with Crippen molar-refractivity contribution in [2.45, 2.75) is 6.42 Å². The fraction of sp³-hybridized carbons (Fsp3) is 0.0909. The number of benzene rings is 1. The van der Waals surface area contributed by atoms with Crippen molar-refractivity contribution >= 4 is 40.6 Å². The number of rotatable bonds is 8. The Balaban J connectivity index is 1.62. The third-order valence-corrected chi connectivity index (χ3v) is 5.04. The molecule has 3 rings (SSSR count). The van der Waals surface area contributed by atoms with Crippen LogP contribution in [0.3, 0.4) is 0 Å². The molecule has 0 aliphatic carbocycles. The molecule has 0 aliphatic heterocycles. The van der Waals surface area contributed by atoms with Gasteiger partial charge in [0.25, 0.3) is 0 Å². The van der Waals surface area contributed by atoms with Crippen LogP contribution in [0.1, 0.15) is 16.8 Å². The average molecular weight is 435 g/mol. The van der Waals surface area contributed by atoms with Gasteiger partial charge in [-0.15, -0.1) is 11.8 Å². The number of allylic oxidation sites excluding steroid dienone is 1. The van der Waals surface area contributed by atoms with Crippen molar-refractivity contribution < 1.29 is 0 Å². The number of aromatic nitrogens is 3. The minimum Gasteiger partial charge on any atom is -0.398 e. The van der Waals surface area contributed by atoms with E-state index in [1.54, 1.807) is 41.4 Å². The van der Waals surface area contributed by atoms with Gasteiger partial charge in [0.1, 0.15) is 6.07 Å². The monoisotopic (exact) mass is 434 g/mol. The summed E-state index contributed by atoms with van der Waals surface area (Å²) < 4.78 is 0. The number of nitriles is 1. The van der Waals surface area contributed by atoms with Gasteiger partial charge in [-0.2, -0.15) is 5.26 Å². The van der Waals surface area contributed by atoms with Crippen molar-refractivity contribution in [2.24, 2.45) is 5.73 Å². The molecule has 0 amide bonds. The van der Waals surface area contributed by atoms with Crippen molar-refractivity contribution in [3.63, 3.8) is 0 Å². The Morgan fingerprint density at radius 1 is 1.17 bits per heavy atom. The molecule has 0 unspecified atom stereocenters. The van der Waals surface area contributed by atoms with E-state index in [0.29, 0.717) is 34.5 Å². The minimum absolute atomic E-state index is 0.429. The van der Waals surface area contributed by atoms with Crippen molar-refractivity contribution in [3.05, 3.63) is 93.7 Å². The molecule has 0 saturated carbocycles. The van der Waals surface area contributed by atoms with E-state index in [-0.39, 0.29) is 0 Å². The highest BCUT2D eigenvalue weighted by molar-refractivity contribution is 8.05. The Hall–Kier alpha value is -3.34. The summed E-state index contributed by atoms with van der Waals surface area (Å²) >= 11 is 7.21. The number of halogens is 1. The number of hydrogen-bond donors (Lipinski definition) is 2. The minimum atomic E-state index is 0.429. The summed E-state index contributed by atoms with van der Waals surface area (Å²) in [5.74, 6) is 0.471. The summed E-state index contributed by atoms with van der Waals surface area (Å²) in [7, 11) is 0. The van der Waals surface area contributed by atoms with Crippen LogP contribution in [0.2, 0.25) is 5.02 Å². The third-order valence-electron chi connectivity index (χ3n) is 4.03. The molecule has 3 aromatic rings. The number of hydrogen-bond acceptors (Lipinski definition) is 7. The maximum absolute atomic E-state index is 9.52. The summed E-state index contributed by atoms with van der Waals surface area (Å²) in [6.45, 7) is 0.663. The van der Waals surface area contributed by atoms with E-state index in [9.17, 15) is 5.26 Å². The summed E-state index contributed by atoms with van der Waals surface area (Å²) in [4.78, 5) is 12.7. The summed E-state index contributed by atoms with van der Waals surface area (Å²) in [6.07, 6.45) is 6.00. The number of pyridine rings is 1. The molecular weight excluding hydrogens is 416 g/mol. The molecule has 3 N–H and O–H groups in total. The molecule has 0 fully saturated rings. The van der Waals surface area contributed by atoms with Gasteiger partial charge in [-0.1, -0.05) is 29.8 Å². The zero-order valence-corrected chi connectivity index (χ0v) is 17.6. The molecule has 0 spiro atoms. The highest BCUT2D eigenvalue weighted by atomic mass is 35.5. The molecule has 1 aromatic carbocycles. The second-order valence-corrected chi connectivity index (χ2v) is 7.34. The van der Waals surface area contributed by atoms with E-state index in [4.69, 9.17) is 17.3 Å². The van der Waals surface area contributed by atoms with Gasteiger partial charge in [-0.05, 0) is 52.6 Å². The lowest BCUT2D eigenvalue weighted by Crippen LogP contribution is -2.08. The van der Waals surface area contributed by atoms with Gasteiger partial charge in [-0.25, -0.2) is 9.97 Å². The fourth-order valence-electron chi connectivity index (χ4n) is 2.49. The van der Waals surface area contributed by atoms with E-state index in [1.165, 1.54) is 11.8 Å². The number of nitrogens with two attached hydrogens (primary N) is 1. The topological polar surface area (TPSA) is 101 Å². The van der Waals surface area contributed by atoms with Crippen LogP contribution < -0.4 is 11.1 Å². The largest absolute Gasteiger partial charge is 0.398 e. The van der Waals surface area contributed by atoms with Crippen LogP contribution in [0.5, 0.6) is 0 Å². The van der Waals surface area contributed by atoms with Gasteiger partial charge >= 0.3 is 0 Å². The quantitative estimate of drug-likeness (QED) is 0.494. The van der Waals surface area contributed by atoms with E-state index in [2.05, 4.69) is 26.3 Å². The summed E-state index contributed by atoms with van der Waals surface area (Å²) in [5.41, 5.74) is 9.63. The van der Waals surface area contributed by atoms with Crippen LogP contribution in [0.4, 0.5) is 5.95 Å². The molecule has 0 atom stereocenters. The third kappa shape index (κ3) is 6.34. The molecule has 6 nitrogen and oxygen atoms in total. The first-order chi connectivity index (χ1) is 14.7. The van der Waals surface area contributed by atoms with Crippen molar-refractivity contribution in [3.8, 4) is 6.07 Å². The second-order valence-electron chi connectivity index (χ2n) is 6.16. The van der Waals surface area contributed by atoms with Crippen LogP contribution in [0.15, 0.2) is 71.9 Å². The Morgan fingerprint density at radius 3 is 2.73 bits per heavy atom. The molecule has 8 heteroatoms. The van der Waals surface area contributed by atoms with Crippen LogP contribution in [-0.2, 0) is 6.42 Å². The zero-order valence-electron chi connectivity index (χ0n) is 16.0. The molecule has 2 heterocycles. The van der Waals surface area contributed by atoms with Crippen LogP contribution in [0.25, 0.3) is 11.3 Å². The van der Waals surface area contributed by atoms with Crippen molar-refractivity contribution in [1.29, 1.82) is 5.26 Å². The Kier molecular flexibility index (Phi) is 7.84. The standard InChI is InChI=1S/C22H19ClN6S/c23-19-5-3-17(4-6-19)20(25)15-30-14-18(12-24)21-8-11-28-22(29-21)27-10-7-16-2-1-9-26-13-16/h1-6,8-9,11,13-15H,7,10,25H2,(H,27,28,29)/b18-14-,20-15-. The molecule has 30 heavy (non-hydrogen) atoms. The van der Waals surface area contributed by atoms with Gasteiger partial charge in [-0.3, -0.25) is 4.98 Å². The summed E-state index contributed by atoms with van der Waals surface area (Å²) in [5, 5.41) is 16.8. The highest BCUT2D eigenvalue weighted by Gasteiger charge is 2.05. The molecule has 0 saturated heterocycles. The second kappa shape index (κ2) is 11.0. The van der Waals surface area contributed by atoms with E-state index >= 15 is 0 Å². The van der Waals surface area contributed by atoms with E-state index < -0.39 is 0 Å². The van der Waals surface area contributed by atoms with E-state index in [0.717, 1.165) is 17.5 Å². The zero-order chi connectivity index (χ0) is 21.2. The molecule has 2 aromatic heterocycles. The molecular formula is C22H19ClN6S. The lowest BCUT2D eigenvalue weighted by Gasteiger charge is -2.06. The first-order valence-electron chi connectivity index (χ1n) is 9.09.